The van der Waals surface area contributed by atoms with Crippen LogP contribution in [0.25, 0.3) is 16.8 Å². The first kappa shape index (κ1) is 14.3. The highest BCUT2D eigenvalue weighted by Crippen LogP contribution is 2.26. The summed E-state index contributed by atoms with van der Waals surface area (Å²) in [6.45, 7) is 0. The van der Waals surface area contributed by atoms with Crippen molar-refractivity contribution in [2.45, 2.75) is 0 Å². The Morgan fingerprint density at radius 3 is 2.73 bits per heavy atom. The van der Waals surface area contributed by atoms with E-state index < -0.39 is 10.0 Å². The number of hydrogen-bond donors (Lipinski definition) is 1. The van der Waals surface area contributed by atoms with Crippen molar-refractivity contribution >= 4 is 21.2 Å². The Morgan fingerprint density at radius 1 is 1.23 bits per heavy atom. The number of aromatic hydroxyl groups is 1. The molecule has 0 bridgehead atoms. The Bertz CT molecular complexity index is 950. The van der Waals surface area contributed by atoms with E-state index in [9.17, 15) is 13.5 Å². The van der Waals surface area contributed by atoms with E-state index in [0.29, 0.717) is 5.69 Å². The quantitative estimate of drug-likeness (QED) is 0.790. The molecule has 114 valence electrons. The Kier molecular flexibility index (Phi) is 3.25. The van der Waals surface area contributed by atoms with E-state index in [-0.39, 0.29) is 6.01 Å². The summed E-state index contributed by atoms with van der Waals surface area (Å²) >= 11 is 0. The molecule has 8 heteroatoms. The van der Waals surface area contributed by atoms with E-state index in [1.807, 2.05) is 18.2 Å². The van der Waals surface area contributed by atoms with Gasteiger partial charge < -0.3 is 5.11 Å². The number of sulfonamides is 1. The van der Waals surface area contributed by atoms with Gasteiger partial charge in [0.25, 0.3) is 0 Å². The van der Waals surface area contributed by atoms with Crippen LogP contribution >= 0.6 is 0 Å². The maximum atomic E-state index is 11.7. The molecule has 3 rings (SSSR count). The third-order valence-electron chi connectivity index (χ3n) is 3.39. The third-order valence-corrected chi connectivity index (χ3v) is 4.60. The molecule has 22 heavy (non-hydrogen) atoms. The van der Waals surface area contributed by atoms with Crippen LogP contribution in [0.4, 0.5) is 5.69 Å². The second kappa shape index (κ2) is 4.99. The molecule has 0 aliphatic rings. The van der Waals surface area contributed by atoms with Crippen molar-refractivity contribution in [2.24, 2.45) is 0 Å². The average molecular weight is 318 g/mol. The molecule has 0 unspecified atom stereocenters. The van der Waals surface area contributed by atoms with Crippen LogP contribution in [0.2, 0.25) is 0 Å². The normalized spacial score (nSPS) is 11.7. The van der Waals surface area contributed by atoms with Gasteiger partial charge in [-0.05, 0) is 24.3 Å². The van der Waals surface area contributed by atoms with Gasteiger partial charge in [0.15, 0.2) is 0 Å². The predicted molar refractivity (Wildman–Crippen MR) is 83.3 cm³/mol. The largest absolute Gasteiger partial charge is 0.478 e. The molecule has 0 amide bonds. The lowest BCUT2D eigenvalue weighted by Gasteiger charge is -2.17. The summed E-state index contributed by atoms with van der Waals surface area (Å²) in [5.74, 6) is 0. The topological polar surface area (TPSA) is 87.8 Å². The van der Waals surface area contributed by atoms with Crippen molar-refractivity contribution in [3.63, 3.8) is 0 Å². The molecule has 2 heterocycles. The zero-order valence-corrected chi connectivity index (χ0v) is 12.8. The van der Waals surface area contributed by atoms with Crippen molar-refractivity contribution in [3.8, 4) is 17.3 Å². The number of aromatic nitrogens is 3. The standard InChI is InChI=1S/C14H14N4O3S/c1-17(22(2,20)21)11-5-3-4-10(8-11)13-7-6-12-9-15-14(19)16-18(12)13/h3-9H,1-2H3,(H,16,19). The van der Waals surface area contributed by atoms with Crippen molar-refractivity contribution in [3.05, 3.63) is 42.6 Å². The molecule has 0 fully saturated rings. The minimum atomic E-state index is -3.33. The van der Waals surface area contributed by atoms with Gasteiger partial charge in [0.1, 0.15) is 0 Å². The lowest BCUT2D eigenvalue weighted by Crippen LogP contribution is -2.24. The second-order valence-electron chi connectivity index (χ2n) is 4.89. The van der Waals surface area contributed by atoms with E-state index in [0.717, 1.165) is 23.0 Å². The Hall–Kier alpha value is -2.61. The van der Waals surface area contributed by atoms with Gasteiger partial charge in [0.05, 0.1) is 29.4 Å². The van der Waals surface area contributed by atoms with Crippen molar-refractivity contribution in [2.75, 3.05) is 17.6 Å². The first-order chi connectivity index (χ1) is 10.4. The van der Waals surface area contributed by atoms with Crippen LogP contribution in [0.3, 0.4) is 0 Å². The molecule has 2 aromatic heterocycles. The fourth-order valence-corrected chi connectivity index (χ4v) is 2.66. The Labute approximate surface area is 127 Å². The summed E-state index contributed by atoms with van der Waals surface area (Å²) in [6, 6.07) is 10.4. The molecule has 1 aromatic carbocycles. The lowest BCUT2D eigenvalue weighted by molar-refractivity contribution is 0.419. The molecule has 3 aromatic rings. The molecule has 7 nitrogen and oxygen atoms in total. The van der Waals surface area contributed by atoms with Crippen LogP contribution in [0.5, 0.6) is 6.01 Å². The minimum absolute atomic E-state index is 0.325. The van der Waals surface area contributed by atoms with Gasteiger partial charge >= 0.3 is 6.01 Å². The van der Waals surface area contributed by atoms with Crippen molar-refractivity contribution in [1.29, 1.82) is 0 Å². The summed E-state index contributed by atoms with van der Waals surface area (Å²) in [6.07, 6.45) is 2.66. The minimum Gasteiger partial charge on any atom is -0.478 e. The lowest BCUT2D eigenvalue weighted by atomic mass is 10.1. The zero-order chi connectivity index (χ0) is 15.9. The molecular weight excluding hydrogens is 304 g/mol. The van der Waals surface area contributed by atoms with Crippen LogP contribution in [0, 0.1) is 0 Å². The van der Waals surface area contributed by atoms with Crippen molar-refractivity contribution in [1.82, 2.24) is 14.6 Å². The van der Waals surface area contributed by atoms with E-state index >= 15 is 0 Å². The van der Waals surface area contributed by atoms with Crippen LogP contribution in [0.1, 0.15) is 0 Å². The van der Waals surface area contributed by atoms with Gasteiger partial charge in [-0.15, -0.1) is 5.10 Å². The molecular formula is C14H14N4O3S. The van der Waals surface area contributed by atoms with Crippen molar-refractivity contribution < 1.29 is 13.5 Å². The molecule has 0 saturated carbocycles. The maximum absolute atomic E-state index is 11.7. The summed E-state index contributed by atoms with van der Waals surface area (Å²) in [7, 11) is -1.83. The molecule has 0 aliphatic carbocycles. The van der Waals surface area contributed by atoms with Crippen LogP contribution in [-0.4, -0.2) is 41.4 Å². The average Bonchev–Trinajstić information content (AvgIpc) is 2.88. The molecule has 0 saturated heterocycles. The highest BCUT2D eigenvalue weighted by atomic mass is 32.2. The van der Waals surface area contributed by atoms with Gasteiger partial charge in [-0.1, -0.05) is 12.1 Å². The van der Waals surface area contributed by atoms with Gasteiger partial charge in [-0.3, -0.25) is 4.31 Å². The molecule has 0 atom stereocenters. The fourth-order valence-electron chi connectivity index (χ4n) is 2.16. The molecule has 1 N–H and O–H groups in total. The summed E-state index contributed by atoms with van der Waals surface area (Å²) < 4.78 is 26.1. The monoisotopic (exact) mass is 318 g/mol. The van der Waals surface area contributed by atoms with Crippen LogP contribution < -0.4 is 4.31 Å². The Morgan fingerprint density at radius 2 is 2.00 bits per heavy atom. The van der Waals surface area contributed by atoms with Gasteiger partial charge in [0, 0.05) is 12.6 Å². The SMILES string of the molecule is CN(c1cccc(-c2ccc3cnc(O)nn23)c1)S(C)(=O)=O. The maximum Gasteiger partial charge on any atom is 0.331 e. The fraction of sp³-hybridized carbons (Fsp3) is 0.143. The summed E-state index contributed by atoms with van der Waals surface area (Å²) in [4.78, 5) is 3.73. The first-order valence-corrected chi connectivity index (χ1v) is 8.29. The van der Waals surface area contributed by atoms with E-state index in [1.54, 1.807) is 22.7 Å². The first-order valence-electron chi connectivity index (χ1n) is 6.44. The second-order valence-corrected chi connectivity index (χ2v) is 6.91. The molecule has 0 radical (unpaired) electrons. The van der Waals surface area contributed by atoms with Gasteiger partial charge in [-0.2, -0.15) is 0 Å². The van der Waals surface area contributed by atoms with E-state index in [2.05, 4.69) is 10.1 Å². The van der Waals surface area contributed by atoms with Crippen LogP contribution in [-0.2, 0) is 10.0 Å². The number of nitrogens with zero attached hydrogens (tertiary/aromatic N) is 4. The van der Waals surface area contributed by atoms with Crippen LogP contribution in [0.15, 0.2) is 42.6 Å². The van der Waals surface area contributed by atoms with E-state index in [1.165, 1.54) is 17.5 Å². The smallest absolute Gasteiger partial charge is 0.331 e. The van der Waals surface area contributed by atoms with Gasteiger partial charge in [0.2, 0.25) is 10.0 Å². The number of anilines is 1. The highest BCUT2D eigenvalue weighted by molar-refractivity contribution is 7.92. The zero-order valence-electron chi connectivity index (χ0n) is 12.0. The predicted octanol–water partition coefficient (Wildman–Crippen LogP) is 1.50. The summed E-state index contributed by atoms with van der Waals surface area (Å²) in [5, 5.41) is 13.4. The van der Waals surface area contributed by atoms with E-state index in [4.69, 9.17) is 0 Å². The van der Waals surface area contributed by atoms with Gasteiger partial charge in [-0.25, -0.2) is 17.9 Å². The molecule has 0 spiro atoms. The number of rotatable bonds is 3. The number of hydrogen-bond acceptors (Lipinski definition) is 5. The number of fused-ring (bicyclic) bond motifs is 1. The molecule has 0 aliphatic heterocycles. The highest BCUT2D eigenvalue weighted by Gasteiger charge is 2.14. The summed E-state index contributed by atoms with van der Waals surface area (Å²) in [5.41, 5.74) is 2.80. The number of benzene rings is 1. The third kappa shape index (κ3) is 2.48. The Balaban J connectivity index is 2.14.